The van der Waals surface area contributed by atoms with E-state index in [1.165, 1.54) is 7.11 Å². The van der Waals surface area contributed by atoms with Crippen molar-refractivity contribution in [2.24, 2.45) is 23.5 Å². The van der Waals surface area contributed by atoms with Crippen LogP contribution in [0.25, 0.3) is 0 Å². The lowest BCUT2D eigenvalue weighted by Crippen LogP contribution is -2.35. The highest BCUT2D eigenvalue weighted by atomic mass is 16.6. The molecular weight excluding hydrogens is 492 g/mol. The molecule has 1 aliphatic rings. The lowest BCUT2D eigenvalue weighted by Gasteiger charge is -2.29. The number of nitrogens with one attached hydrogen (secondary N) is 1. The Kier molecular flexibility index (Phi) is 11.0. The average molecular weight is 535 g/mol. The summed E-state index contributed by atoms with van der Waals surface area (Å²) in [5, 5.41) is 45.2. The number of aromatic hydroxyl groups is 3. The first-order valence-electron chi connectivity index (χ1n) is 12.9. The summed E-state index contributed by atoms with van der Waals surface area (Å²) in [5.41, 5.74) is 6.52. The van der Waals surface area contributed by atoms with Crippen LogP contribution in [0.1, 0.15) is 59.4 Å². The van der Waals surface area contributed by atoms with E-state index in [0.717, 1.165) is 11.6 Å². The third kappa shape index (κ3) is 7.88. The Bertz CT molecular complexity index is 1070. The Hall–Kier alpha value is -3.24. The molecule has 7 N–H and O–H groups in total. The molecule has 1 aromatic rings. The minimum Gasteiger partial charge on any atom is -0.505 e. The molecule has 0 fully saturated rings. The van der Waals surface area contributed by atoms with Crippen molar-refractivity contribution in [3.05, 3.63) is 34.9 Å². The third-order valence-electron chi connectivity index (χ3n) is 7.17. The molecule has 212 valence electrons. The Morgan fingerprint density at radius 1 is 1.13 bits per heavy atom. The number of phenols is 3. The lowest BCUT2D eigenvalue weighted by atomic mass is 9.86. The van der Waals surface area contributed by atoms with Crippen molar-refractivity contribution in [3.8, 4) is 17.2 Å². The number of benzene rings is 1. The van der Waals surface area contributed by atoms with E-state index < -0.39 is 41.8 Å². The van der Waals surface area contributed by atoms with Crippen molar-refractivity contribution in [2.45, 2.75) is 78.6 Å². The van der Waals surface area contributed by atoms with E-state index >= 15 is 0 Å². The average Bonchev–Trinajstić information content (AvgIpc) is 2.85. The molecule has 0 saturated heterocycles. The van der Waals surface area contributed by atoms with E-state index in [2.05, 4.69) is 5.32 Å². The number of hydrogen-bond donors (Lipinski definition) is 6. The van der Waals surface area contributed by atoms with E-state index in [1.807, 2.05) is 33.8 Å². The zero-order chi connectivity index (χ0) is 28.7. The number of carbonyl (C=O) groups is 2. The normalized spacial score (nSPS) is 30.9. The van der Waals surface area contributed by atoms with Crippen molar-refractivity contribution in [2.75, 3.05) is 12.4 Å². The number of ether oxygens (including phenoxy) is 2. The summed E-state index contributed by atoms with van der Waals surface area (Å²) in [7, 11) is 1.49. The van der Waals surface area contributed by atoms with Crippen molar-refractivity contribution >= 4 is 17.7 Å². The van der Waals surface area contributed by atoms with Crippen molar-refractivity contribution < 1.29 is 39.5 Å². The first kappa shape index (κ1) is 31.0. The van der Waals surface area contributed by atoms with Gasteiger partial charge in [-0.05, 0) is 56.9 Å². The molecule has 0 aliphatic carbocycles. The number of primary amides is 1. The van der Waals surface area contributed by atoms with Crippen LogP contribution in [0.2, 0.25) is 0 Å². The van der Waals surface area contributed by atoms with Crippen LogP contribution in [0.3, 0.4) is 0 Å². The number of rotatable bonds is 2. The summed E-state index contributed by atoms with van der Waals surface area (Å²) in [5.74, 6) is -2.47. The minimum atomic E-state index is -0.907. The lowest BCUT2D eigenvalue weighted by molar-refractivity contribution is -0.112. The Morgan fingerprint density at radius 2 is 1.79 bits per heavy atom. The Morgan fingerprint density at radius 3 is 2.39 bits per heavy atom. The first-order chi connectivity index (χ1) is 17.8. The molecule has 2 rings (SSSR count). The molecule has 0 aromatic heterocycles. The largest absolute Gasteiger partial charge is 0.505 e. The quantitative estimate of drug-likeness (QED) is 0.187. The highest BCUT2D eigenvalue weighted by Crippen LogP contribution is 2.43. The number of carbonyl (C=O) groups excluding carboxylic acids is 2. The second-order valence-corrected chi connectivity index (χ2v) is 10.5. The number of allylic oxidation sites excluding steroid dienone is 1. The molecular formula is C28H42N2O8. The zero-order valence-electron chi connectivity index (χ0n) is 23.0. The van der Waals surface area contributed by atoms with Crippen LogP contribution in [-0.4, -0.2) is 57.8 Å². The molecule has 10 nitrogen and oxygen atoms in total. The van der Waals surface area contributed by atoms with Gasteiger partial charge >= 0.3 is 6.09 Å². The van der Waals surface area contributed by atoms with E-state index in [1.54, 1.807) is 13.0 Å². The van der Waals surface area contributed by atoms with Crippen molar-refractivity contribution in [1.29, 1.82) is 0 Å². The van der Waals surface area contributed by atoms with Crippen molar-refractivity contribution in [1.82, 2.24) is 0 Å². The summed E-state index contributed by atoms with van der Waals surface area (Å²) in [4.78, 5) is 24.4. The molecule has 2 bridgehead atoms. The van der Waals surface area contributed by atoms with Gasteiger partial charge in [0.25, 0.3) is 5.91 Å². The maximum absolute atomic E-state index is 12.8. The molecule has 0 unspecified atom stereocenters. The first-order valence-corrected chi connectivity index (χ1v) is 12.9. The van der Waals surface area contributed by atoms with Crippen LogP contribution in [0.5, 0.6) is 17.2 Å². The summed E-state index contributed by atoms with van der Waals surface area (Å²) in [6.45, 7) is 9.05. The number of phenolic OH excluding ortho intramolecular Hbond substituents is 3. The molecule has 1 heterocycles. The minimum absolute atomic E-state index is 0.0294. The molecule has 0 spiro atoms. The van der Waals surface area contributed by atoms with E-state index in [9.17, 15) is 30.0 Å². The van der Waals surface area contributed by atoms with E-state index in [4.69, 9.17) is 15.2 Å². The second kappa shape index (κ2) is 13.5. The van der Waals surface area contributed by atoms with Gasteiger partial charge in [0.2, 0.25) is 0 Å². The highest BCUT2D eigenvalue weighted by molar-refractivity contribution is 6.04. The fourth-order valence-electron chi connectivity index (χ4n) is 4.95. The smallest absolute Gasteiger partial charge is 0.405 e. The highest BCUT2D eigenvalue weighted by Gasteiger charge is 2.29. The molecule has 1 aliphatic heterocycles. The number of fused-ring (bicyclic) bond motifs is 2. The van der Waals surface area contributed by atoms with Crippen LogP contribution in [0.15, 0.2) is 29.4 Å². The number of aliphatic hydroxyl groups is 1. The standard InChI is InChI=1S/C28H42N2O8/c1-14-10-19-24(33)20(13-21(31)25(19)34)30-27(35)16(3)9-7-8-15(2)26(38-28(29)36)18(5)12-17(4)23(32)22(11-14)37-6/h9,12-15,17,22-23,26,31-34H,7-8,10-11H2,1-6H3,(H2,29,36)(H,30,35)/b16-9+,18-12+/t14-,15+,17+,22+,23-,26-/m1/s1. The topological polar surface area (TPSA) is 172 Å². The SMILES string of the molecule is CO[C@H]1C[C@H](C)Cc2c(O)c(O)cc(c2O)NC(=O)/C(C)=C/CC[C@H](C)[C@@H](OC(N)=O)/C(C)=C/[C@H](C)[C@H]1O. The second-order valence-electron chi connectivity index (χ2n) is 10.5. The maximum atomic E-state index is 12.8. The number of hydrogen-bond acceptors (Lipinski definition) is 8. The van der Waals surface area contributed by atoms with Gasteiger partial charge in [0.1, 0.15) is 11.9 Å². The summed E-state index contributed by atoms with van der Waals surface area (Å²) in [6.07, 6.45) is 2.13. The van der Waals surface area contributed by atoms with Crippen LogP contribution in [0.4, 0.5) is 10.5 Å². The molecule has 10 heteroatoms. The van der Waals surface area contributed by atoms with Gasteiger partial charge in [-0.25, -0.2) is 4.79 Å². The van der Waals surface area contributed by atoms with Gasteiger partial charge < -0.3 is 41.0 Å². The fourth-order valence-corrected chi connectivity index (χ4v) is 4.95. The van der Waals surface area contributed by atoms with E-state index in [-0.39, 0.29) is 41.2 Å². The number of anilines is 1. The molecule has 6 atom stereocenters. The van der Waals surface area contributed by atoms with Gasteiger partial charge in [-0.2, -0.15) is 0 Å². The van der Waals surface area contributed by atoms with Crippen LogP contribution in [0, 0.1) is 17.8 Å². The van der Waals surface area contributed by atoms with Gasteiger partial charge in [-0.1, -0.05) is 32.9 Å². The van der Waals surface area contributed by atoms with Gasteiger partial charge in [-0.3, -0.25) is 4.79 Å². The molecule has 1 aromatic carbocycles. The monoisotopic (exact) mass is 534 g/mol. The van der Waals surface area contributed by atoms with Gasteiger partial charge in [0.05, 0.1) is 17.9 Å². The van der Waals surface area contributed by atoms with Gasteiger partial charge in [0.15, 0.2) is 11.5 Å². The summed E-state index contributed by atoms with van der Waals surface area (Å²) < 4.78 is 11.0. The third-order valence-corrected chi connectivity index (χ3v) is 7.17. The molecule has 38 heavy (non-hydrogen) atoms. The predicted molar refractivity (Wildman–Crippen MR) is 144 cm³/mol. The molecule has 0 saturated carbocycles. The fraction of sp³-hybridized carbons (Fsp3) is 0.571. The number of aliphatic hydroxyl groups excluding tert-OH is 1. The summed E-state index contributed by atoms with van der Waals surface area (Å²) in [6, 6.07) is 1.10. The number of nitrogens with two attached hydrogens (primary N) is 1. The predicted octanol–water partition coefficient (Wildman–Crippen LogP) is 4.11. The number of methoxy groups -OCH3 is 1. The van der Waals surface area contributed by atoms with Crippen molar-refractivity contribution in [3.63, 3.8) is 0 Å². The zero-order valence-corrected chi connectivity index (χ0v) is 23.0. The van der Waals surface area contributed by atoms with Crippen LogP contribution >= 0.6 is 0 Å². The summed E-state index contributed by atoms with van der Waals surface area (Å²) >= 11 is 0. The van der Waals surface area contributed by atoms with Gasteiger partial charge in [0, 0.05) is 30.2 Å². The maximum Gasteiger partial charge on any atom is 0.405 e. The Labute approximate surface area is 224 Å². The molecule has 0 radical (unpaired) electrons. The Balaban J connectivity index is 2.53. The van der Waals surface area contributed by atoms with E-state index in [0.29, 0.717) is 24.8 Å². The molecule has 2 amide bonds. The number of amides is 2. The van der Waals surface area contributed by atoms with Gasteiger partial charge in [-0.15, -0.1) is 0 Å². The van der Waals surface area contributed by atoms with Crippen LogP contribution in [-0.2, 0) is 20.7 Å². The van der Waals surface area contributed by atoms with Crippen LogP contribution < -0.4 is 11.1 Å².